The molecule has 3 aromatic rings. The molecule has 0 spiro atoms. The van der Waals surface area contributed by atoms with Crippen LogP contribution in [0.25, 0.3) is 0 Å². The van der Waals surface area contributed by atoms with Crippen molar-refractivity contribution in [3.05, 3.63) is 87.4 Å². The van der Waals surface area contributed by atoms with Gasteiger partial charge in [0, 0.05) is 21.9 Å². The zero-order valence-electron chi connectivity index (χ0n) is 15.3. The van der Waals surface area contributed by atoms with Gasteiger partial charge in [-0.3, -0.25) is 19.8 Å². The van der Waals surface area contributed by atoms with Crippen molar-refractivity contribution < 1.29 is 19.2 Å². The van der Waals surface area contributed by atoms with Gasteiger partial charge in [0.1, 0.15) is 0 Å². The average molecular weight is 441 g/mol. The fourth-order valence-electron chi connectivity index (χ4n) is 3.03. The summed E-state index contributed by atoms with van der Waals surface area (Å²) in [6.45, 7) is -0.514. The molecule has 0 aliphatic carbocycles. The molecule has 0 fully saturated rings. The Morgan fingerprint density at radius 2 is 1.60 bits per heavy atom. The van der Waals surface area contributed by atoms with E-state index in [9.17, 15) is 19.7 Å². The highest BCUT2D eigenvalue weighted by molar-refractivity contribution is 7.99. The van der Waals surface area contributed by atoms with Crippen molar-refractivity contribution in [3.63, 3.8) is 0 Å². The van der Waals surface area contributed by atoms with Crippen molar-refractivity contribution in [3.8, 4) is 0 Å². The Hall–Kier alpha value is -3.36. The van der Waals surface area contributed by atoms with Gasteiger partial charge in [0.15, 0.2) is 6.61 Å². The average Bonchev–Trinajstić information content (AvgIpc) is 2.75. The van der Waals surface area contributed by atoms with E-state index in [2.05, 4.69) is 0 Å². The van der Waals surface area contributed by atoms with Gasteiger partial charge in [-0.25, -0.2) is 4.79 Å². The highest BCUT2D eigenvalue weighted by atomic mass is 35.5. The van der Waals surface area contributed by atoms with Crippen LogP contribution in [0.4, 0.5) is 17.1 Å². The van der Waals surface area contributed by atoms with Gasteiger partial charge >= 0.3 is 5.97 Å². The first-order valence-electron chi connectivity index (χ1n) is 8.75. The number of ether oxygens (including phenoxy) is 1. The highest BCUT2D eigenvalue weighted by Gasteiger charge is 2.28. The second kappa shape index (κ2) is 8.17. The molecule has 0 saturated carbocycles. The molecule has 0 aromatic heterocycles. The molecule has 4 rings (SSSR count). The third kappa shape index (κ3) is 3.74. The van der Waals surface area contributed by atoms with E-state index in [1.165, 1.54) is 11.0 Å². The lowest BCUT2D eigenvalue weighted by Gasteiger charge is -2.30. The maximum Gasteiger partial charge on any atom is 0.340 e. The Balaban J connectivity index is 1.55. The summed E-state index contributed by atoms with van der Waals surface area (Å²) in [5, 5.41) is 10.7. The van der Waals surface area contributed by atoms with E-state index in [-0.39, 0.29) is 16.3 Å². The van der Waals surface area contributed by atoms with Crippen molar-refractivity contribution in [1.82, 2.24) is 0 Å². The van der Waals surface area contributed by atoms with Crippen LogP contribution >= 0.6 is 23.4 Å². The fraction of sp³-hybridized carbons (Fsp3) is 0.0476. The van der Waals surface area contributed by atoms with Crippen LogP contribution in [0.2, 0.25) is 5.02 Å². The first-order valence-corrected chi connectivity index (χ1v) is 9.95. The Bertz CT molecular complexity index is 1140. The largest absolute Gasteiger partial charge is 0.452 e. The van der Waals surface area contributed by atoms with Gasteiger partial charge in [-0.2, -0.15) is 0 Å². The summed E-state index contributed by atoms with van der Waals surface area (Å²) >= 11 is 7.52. The van der Waals surface area contributed by atoms with Crippen LogP contribution in [0.15, 0.2) is 76.5 Å². The number of hydrogen-bond acceptors (Lipinski definition) is 6. The number of nitrogens with zero attached hydrogens (tertiary/aromatic N) is 2. The molecule has 3 aromatic carbocycles. The molecule has 1 aliphatic rings. The number of nitro groups is 1. The quantitative estimate of drug-likeness (QED) is 0.313. The van der Waals surface area contributed by atoms with Gasteiger partial charge < -0.3 is 4.74 Å². The second-order valence-electron chi connectivity index (χ2n) is 6.26. The van der Waals surface area contributed by atoms with Gasteiger partial charge in [0.05, 0.1) is 26.9 Å². The molecule has 0 atom stereocenters. The predicted octanol–water partition coefficient (Wildman–Crippen LogP) is 5.23. The molecule has 7 nitrogen and oxygen atoms in total. The van der Waals surface area contributed by atoms with Crippen molar-refractivity contribution in [2.24, 2.45) is 0 Å². The maximum atomic E-state index is 13.0. The van der Waals surface area contributed by atoms with E-state index < -0.39 is 23.4 Å². The van der Waals surface area contributed by atoms with Crippen LogP contribution in [0.1, 0.15) is 10.4 Å². The molecule has 0 saturated heterocycles. The third-order valence-corrected chi connectivity index (χ3v) is 5.83. The molecule has 0 bridgehead atoms. The molecule has 9 heteroatoms. The van der Waals surface area contributed by atoms with E-state index in [4.69, 9.17) is 16.3 Å². The molecule has 150 valence electrons. The van der Waals surface area contributed by atoms with E-state index >= 15 is 0 Å². The zero-order chi connectivity index (χ0) is 21.3. The number of halogens is 1. The highest BCUT2D eigenvalue weighted by Crippen LogP contribution is 2.47. The smallest absolute Gasteiger partial charge is 0.340 e. The molecular weight excluding hydrogens is 428 g/mol. The number of carbonyl (C=O) groups excluding carboxylic acids is 2. The van der Waals surface area contributed by atoms with Crippen molar-refractivity contribution >= 4 is 52.3 Å². The zero-order valence-corrected chi connectivity index (χ0v) is 16.9. The molecule has 1 amide bonds. The molecule has 0 radical (unpaired) electrons. The molecule has 1 heterocycles. The monoisotopic (exact) mass is 440 g/mol. The number of fused-ring (bicyclic) bond motifs is 2. The Kier molecular flexibility index (Phi) is 5.43. The van der Waals surface area contributed by atoms with Crippen LogP contribution in [0.3, 0.4) is 0 Å². The summed E-state index contributed by atoms with van der Waals surface area (Å²) < 4.78 is 5.16. The van der Waals surface area contributed by atoms with Crippen LogP contribution < -0.4 is 4.90 Å². The lowest BCUT2D eigenvalue weighted by Crippen LogP contribution is -2.32. The lowest BCUT2D eigenvalue weighted by atomic mass is 10.2. The molecule has 0 unspecified atom stereocenters. The van der Waals surface area contributed by atoms with Crippen molar-refractivity contribution in [1.29, 1.82) is 0 Å². The summed E-state index contributed by atoms with van der Waals surface area (Å²) in [4.78, 5) is 38.9. The number of para-hydroxylation sites is 2. The van der Waals surface area contributed by atoms with Crippen molar-refractivity contribution in [2.45, 2.75) is 9.79 Å². The van der Waals surface area contributed by atoms with Gasteiger partial charge in [-0.15, -0.1) is 0 Å². The number of rotatable bonds is 4. The van der Waals surface area contributed by atoms with Crippen LogP contribution in [-0.4, -0.2) is 23.4 Å². The Morgan fingerprint density at radius 3 is 2.17 bits per heavy atom. The number of esters is 1. The van der Waals surface area contributed by atoms with E-state index in [0.717, 1.165) is 21.9 Å². The lowest BCUT2D eigenvalue weighted by molar-refractivity contribution is -0.384. The van der Waals surface area contributed by atoms with Crippen LogP contribution in [-0.2, 0) is 9.53 Å². The third-order valence-electron chi connectivity index (χ3n) is 4.39. The molecular formula is C21H13ClN2O5S. The number of carbonyl (C=O) groups is 2. The maximum absolute atomic E-state index is 13.0. The number of amides is 1. The Morgan fingerprint density at radius 1 is 1.00 bits per heavy atom. The van der Waals surface area contributed by atoms with E-state index in [0.29, 0.717) is 11.4 Å². The predicted molar refractivity (Wildman–Crippen MR) is 113 cm³/mol. The normalized spacial score (nSPS) is 12.0. The number of anilines is 2. The summed E-state index contributed by atoms with van der Waals surface area (Å²) in [5.74, 6) is -1.27. The molecule has 1 aliphatic heterocycles. The first-order chi connectivity index (χ1) is 14.5. The minimum absolute atomic E-state index is 0.0509. The number of hydrogen-bond donors (Lipinski definition) is 0. The SMILES string of the molecule is O=C(OCC(=O)N1c2ccccc2Sc2ccccc21)c1ccc([N+](=O)[O-])cc1Cl. The van der Waals surface area contributed by atoms with Gasteiger partial charge in [0.25, 0.3) is 11.6 Å². The summed E-state index contributed by atoms with van der Waals surface area (Å²) in [5.41, 5.74) is 1.11. The number of non-ortho nitro benzene ring substituents is 1. The first kappa shape index (κ1) is 19.9. The summed E-state index contributed by atoms with van der Waals surface area (Å²) in [7, 11) is 0. The topological polar surface area (TPSA) is 89.8 Å². The molecule has 30 heavy (non-hydrogen) atoms. The minimum Gasteiger partial charge on any atom is -0.452 e. The van der Waals surface area contributed by atoms with Crippen LogP contribution in [0, 0.1) is 10.1 Å². The minimum atomic E-state index is -0.837. The standard InChI is InChI=1S/C21H13ClN2O5S/c22-15-11-13(24(27)28)9-10-14(15)21(26)29-12-20(25)23-16-5-1-3-7-18(16)30-19-8-4-2-6-17(19)23/h1-11H,12H2. The number of benzene rings is 3. The number of nitro benzene ring substituents is 1. The van der Waals surface area contributed by atoms with Gasteiger partial charge in [-0.1, -0.05) is 47.6 Å². The fourth-order valence-corrected chi connectivity index (χ4v) is 4.34. The van der Waals surface area contributed by atoms with Crippen LogP contribution in [0.5, 0.6) is 0 Å². The van der Waals surface area contributed by atoms with Crippen molar-refractivity contribution in [2.75, 3.05) is 11.5 Å². The molecule has 0 N–H and O–H groups in total. The second-order valence-corrected chi connectivity index (χ2v) is 7.76. The van der Waals surface area contributed by atoms with E-state index in [1.54, 1.807) is 11.8 Å². The summed E-state index contributed by atoms with van der Waals surface area (Å²) in [6, 6.07) is 18.3. The summed E-state index contributed by atoms with van der Waals surface area (Å²) in [6.07, 6.45) is 0. The van der Waals surface area contributed by atoms with E-state index in [1.807, 2.05) is 48.5 Å². The van der Waals surface area contributed by atoms with Gasteiger partial charge in [0.2, 0.25) is 0 Å². The Labute approximate surface area is 180 Å². The van der Waals surface area contributed by atoms with Gasteiger partial charge in [-0.05, 0) is 30.3 Å².